The van der Waals surface area contributed by atoms with E-state index in [-0.39, 0.29) is 0 Å². The molecule has 0 fully saturated rings. The molecule has 23 heavy (non-hydrogen) atoms. The highest BCUT2D eigenvalue weighted by Gasteiger charge is 2.30. The Kier molecular flexibility index (Phi) is 4.42. The van der Waals surface area contributed by atoms with Gasteiger partial charge in [0.15, 0.2) is 0 Å². The molecule has 4 heteroatoms. The van der Waals surface area contributed by atoms with Crippen molar-refractivity contribution in [2.45, 2.75) is 19.8 Å². The number of para-hydroxylation sites is 2. The van der Waals surface area contributed by atoms with Crippen LogP contribution < -0.4 is 9.80 Å². The quantitative estimate of drug-likeness (QED) is 0.800. The van der Waals surface area contributed by atoms with Gasteiger partial charge in [-0.15, -0.1) is 0 Å². The number of anilines is 2. The van der Waals surface area contributed by atoms with Crippen molar-refractivity contribution in [2.24, 2.45) is 0 Å². The van der Waals surface area contributed by atoms with Crippen LogP contribution in [0.2, 0.25) is 0 Å². The fourth-order valence-electron chi connectivity index (χ4n) is 3.03. The van der Waals surface area contributed by atoms with Crippen molar-refractivity contribution in [3.05, 3.63) is 60.2 Å². The zero-order chi connectivity index (χ0) is 16.2. The van der Waals surface area contributed by atoms with E-state index in [4.69, 9.17) is 0 Å². The van der Waals surface area contributed by atoms with Crippen LogP contribution in [0.1, 0.15) is 18.9 Å². The van der Waals surface area contributed by atoms with Crippen molar-refractivity contribution in [3.8, 4) is 0 Å². The summed E-state index contributed by atoms with van der Waals surface area (Å²) in [4.78, 5) is 28.6. The summed E-state index contributed by atoms with van der Waals surface area (Å²) in [5.74, 6) is -0.932. The number of benzene rings is 2. The summed E-state index contributed by atoms with van der Waals surface area (Å²) < 4.78 is 0. The van der Waals surface area contributed by atoms with E-state index in [1.807, 2.05) is 61.5 Å². The Labute approximate surface area is 136 Å². The number of carbonyl (C=O) groups is 2. The Morgan fingerprint density at radius 1 is 1.04 bits per heavy atom. The van der Waals surface area contributed by atoms with E-state index in [0.29, 0.717) is 13.1 Å². The molecule has 2 amide bonds. The molecule has 2 aromatic rings. The molecule has 0 unspecified atom stereocenters. The lowest BCUT2D eigenvalue weighted by molar-refractivity contribution is -0.136. The van der Waals surface area contributed by atoms with Gasteiger partial charge in [-0.1, -0.05) is 36.4 Å². The van der Waals surface area contributed by atoms with E-state index < -0.39 is 11.8 Å². The maximum atomic E-state index is 12.8. The molecule has 0 aliphatic carbocycles. The normalized spacial score (nSPS) is 13.3. The zero-order valence-electron chi connectivity index (χ0n) is 13.2. The van der Waals surface area contributed by atoms with Crippen LogP contribution in [0.25, 0.3) is 0 Å². The SMILES string of the molecule is CCN(C(=O)C(=O)N1CCCc2ccccc21)c1ccccc1. The Morgan fingerprint density at radius 3 is 2.48 bits per heavy atom. The average molecular weight is 308 g/mol. The Hall–Kier alpha value is -2.62. The lowest BCUT2D eigenvalue weighted by Crippen LogP contribution is -2.47. The first kappa shape index (κ1) is 15.3. The molecule has 0 aromatic heterocycles. The first-order chi connectivity index (χ1) is 11.2. The molecule has 0 radical (unpaired) electrons. The second-order valence-corrected chi connectivity index (χ2v) is 5.57. The van der Waals surface area contributed by atoms with Gasteiger partial charge in [0.05, 0.1) is 0 Å². The van der Waals surface area contributed by atoms with Gasteiger partial charge in [0, 0.05) is 24.5 Å². The van der Waals surface area contributed by atoms with Crippen LogP contribution in [0.5, 0.6) is 0 Å². The molecular formula is C19H20N2O2. The number of carbonyl (C=O) groups excluding carboxylic acids is 2. The molecule has 1 aliphatic heterocycles. The maximum absolute atomic E-state index is 12.8. The van der Waals surface area contributed by atoms with Gasteiger partial charge >= 0.3 is 11.8 Å². The second kappa shape index (κ2) is 6.65. The van der Waals surface area contributed by atoms with Crippen LogP contribution in [-0.2, 0) is 16.0 Å². The molecule has 0 saturated heterocycles. The molecule has 0 bridgehead atoms. The van der Waals surface area contributed by atoms with Crippen LogP contribution >= 0.6 is 0 Å². The van der Waals surface area contributed by atoms with Gasteiger partial charge in [-0.05, 0) is 43.5 Å². The van der Waals surface area contributed by atoms with Crippen LogP contribution in [0.15, 0.2) is 54.6 Å². The third kappa shape index (κ3) is 2.97. The second-order valence-electron chi connectivity index (χ2n) is 5.57. The standard InChI is InChI=1S/C19H20N2O2/c1-2-20(16-11-4-3-5-12-16)18(22)19(23)21-14-8-10-15-9-6-7-13-17(15)21/h3-7,9,11-13H,2,8,10,14H2,1H3. The van der Waals surface area contributed by atoms with E-state index in [0.717, 1.165) is 29.8 Å². The van der Waals surface area contributed by atoms with Gasteiger partial charge in [-0.3, -0.25) is 9.59 Å². The number of likely N-dealkylation sites (N-methyl/N-ethyl adjacent to an activating group) is 1. The van der Waals surface area contributed by atoms with Crippen molar-refractivity contribution in [3.63, 3.8) is 0 Å². The third-order valence-electron chi connectivity index (χ3n) is 4.17. The number of fused-ring (bicyclic) bond motifs is 1. The number of hydrogen-bond acceptors (Lipinski definition) is 2. The minimum Gasteiger partial charge on any atom is -0.304 e. The first-order valence-corrected chi connectivity index (χ1v) is 7.98. The first-order valence-electron chi connectivity index (χ1n) is 7.98. The monoisotopic (exact) mass is 308 g/mol. The summed E-state index contributed by atoms with van der Waals surface area (Å²) >= 11 is 0. The molecule has 3 rings (SSSR count). The minimum atomic E-state index is -0.476. The highest BCUT2D eigenvalue weighted by Crippen LogP contribution is 2.27. The van der Waals surface area contributed by atoms with Gasteiger partial charge in [-0.25, -0.2) is 0 Å². The molecule has 4 nitrogen and oxygen atoms in total. The summed E-state index contributed by atoms with van der Waals surface area (Å²) in [5, 5.41) is 0. The van der Waals surface area contributed by atoms with Crippen LogP contribution in [0.4, 0.5) is 11.4 Å². The van der Waals surface area contributed by atoms with E-state index >= 15 is 0 Å². The molecule has 2 aromatic carbocycles. The number of hydrogen-bond donors (Lipinski definition) is 0. The topological polar surface area (TPSA) is 40.6 Å². The van der Waals surface area contributed by atoms with Crippen molar-refractivity contribution in [1.29, 1.82) is 0 Å². The molecule has 0 spiro atoms. The van der Waals surface area contributed by atoms with E-state index in [9.17, 15) is 9.59 Å². The molecule has 1 aliphatic rings. The van der Waals surface area contributed by atoms with Crippen molar-refractivity contribution in [2.75, 3.05) is 22.9 Å². The lowest BCUT2D eigenvalue weighted by atomic mass is 10.0. The molecule has 0 saturated carbocycles. The van der Waals surface area contributed by atoms with Gasteiger partial charge in [0.2, 0.25) is 0 Å². The lowest BCUT2D eigenvalue weighted by Gasteiger charge is -2.31. The predicted octanol–water partition coefficient (Wildman–Crippen LogP) is 3.02. The summed E-state index contributed by atoms with van der Waals surface area (Å²) in [7, 11) is 0. The smallest absolute Gasteiger partial charge is 0.304 e. The number of amides is 2. The van der Waals surface area contributed by atoms with Crippen LogP contribution in [0.3, 0.4) is 0 Å². The molecular weight excluding hydrogens is 288 g/mol. The van der Waals surface area contributed by atoms with E-state index in [2.05, 4.69) is 0 Å². The number of aryl methyl sites for hydroxylation is 1. The van der Waals surface area contributed by atoms with Gasteiger partial charge in [-0.2, -0.15) is 0 Å². The largest absolute Gasteiger partial charge is 0.316 e. The minimum absolute atomic E-state index is 0.456. The molecule has 1 heterocycles. The van der Waals surface area contributed by atoms with Crippen molar-refractivity contribution < 1.29 is 9.59 Å². The average Bonchev–Trinajstić information content (AvgIpc) is 2.62. The highest BCUT2D eigenvalue weighted by molar-refractivity contribution is 6.45. The summed E-state index contributed by atoms with van der Waals surface area (Å²) in [6.45, 7) is 2.93. The Balaban J connectivity index is 1.87. The van der Waals surface area contributed by atoms with E-state index in [1.165, 1.54) is 4.90 Å². The Bertz CT molecular complexity index is 712. The van der Waals surface area contributed by atoms with Crippen LogP contribution in [-0.4, -0.2) is 24.9 Å². The summed E-state index contributed by atoms with van der Waals surface area (Å²) in [5.41, 5.74) is 2.74. The highest BCUT2D eigenvalue weighted by atomic mass is 16.2. The number of rotatable bonds is 2. The molecule has 118 valence electrons. The maximum Gasteiger partial charge on any atom is 0.316 e. The number of nitrogens with zero attached hydrogens (tertiary/aromatic N) is 2. The van der Waals surface area contributed by atoms with Crippen LogP contribution in [0, 0.1) is 0 Å². The fraction of sp³-hybridized carbons (Fsp3) is 0.263. The van der Waals surface area contributed by atoms with E-state index in [1.54, 1.807) is 4.90 Å². The third-order valence-corrected chi connectivity index (χ3v) is 4.17. The summed E-state index contributed by atoms with van der Waals surface area (Å²) in [6.07, 6.45) is 1.83. The summed E-state index contributed by atoms with van der Waals surface area (Å²) in [6, 6.07) is 17.1. The van der Waals surface area contributed by atoms with Gasteiger partial charge in [0.25, 0.3) is 0 Å². The zero-order valence-corrected chi connectivity index (χ0v) is 13.2. The van der Waals surface area contributed by atoms with Gasteiger partial charge in [0.1, 0.15) is 0 Å². The van der Waals surface area contributed by atoms with Gasteiger partial charge < -0.3 is 9.80 Å². The predicted molar refractivity (Wildman–Crippen MR) is 91.6 cm³/mol. The van der Waals surface area contributed by atoms with Crippen molar-refractivity contribution in [1.82, 2.24) is 0 Å². The van der Waals surface area contributed by atoms with Crippen molar-refractivity contribution >= 4 is 23.2 Å². The fourth-order valence-corrected chi connectivity index (χ4v) is 3.03. The molecule has 0 N–H and O–H groups in total. The molecule has 0 atom stereocenters. The Morgan fingerprint density at radius 2 is 1.74 bits per heavy atom.